The molecule has 0 radical (unpaired) electrons. The zero-order chi connectivity index (χ0) is 13.7. The van der Waals surface area contributed by atoms with Crippen LogP contribution in [-0.2, 0) is 0 Å². The maximum atomic E-state index is 6.00. The molecule has 1 aliphatic rings. The number of hydrogen-bond donors (Lipinski definition) is 1. The summed E-state index contributed by atoms with van der Waals surface area (Å²) in [5, 5.41) is 3.36. The number of allylic oxidation sites excluding steroid dienone is 1. The lowest BCUT2D eigenvalue weighted by Crippen LogP contribution is -2.16. The van der Waals surface area contributed by atoms with E-state index in [0.29, 0.717) is 6.04 Å². The molecule has 3 heteroatoms. The maximum Gasteiger partial charge on any atom is 0.162 e. The summed E-state index contributed by atoms with van der Waals surface area (Å²) >= 11 is 0. The molecule has 0 aliphatic heterocycles. The van der Waals surface area contributed by atoms with Gasteiger partial charge in [-0.15, -0.1) is 0 Å². The largest absolute Gasteiger partial charge is 0.493 e. The molecule has 1 aliphatic carbocycles. The number of methoxy groups -OCH3 is 1. The Hall–Kier alpha value is -1.64. The highest BCUT2D eigenvalue weighted by atomic mass is 16.5. The van der Waals surface area contributed by atoms with Crippen LogP contribution < -0.4 is 14.8 Å². The van der Waals surface area contributed by atoms with Gasteiger partial charge in [-0.1, -0.05) is 6.08 Å². The molecule has 3 nitrogen and oxygen atoms in total. The van der Waals surface area contributed by atoms with Crippen LogP contribution in [-0.4, -0.2) is 19.3 Å². The quantitative estimate of drug-likeness (QED) is 0.813. The van der Waals surface area contributed by atoms with E-state index in [0.717, 1.165) is 30.0 Å². The summed E-state index contributed by atoms with van der Waals surface area (Å²) in [7, 11) is 1.68. The Balaban J connectivity index is 2.11. The van der Waals surface area contributed by atoms with Crippen LogP contribution in [0.4, 0.5) is 5.69 Å². The summed E-state index contributed by atoms with van der Waals surface area (Å²) in [5.41, 5.74) is 1.05. The van der Waals surface area contributed by atoms with Crippen molar-refractivity contribution in [3.05, 3.63) is 30.4 Å². The molecular formula is C16H23NO2. The van der Waals surface area contributed by atoms with E-state index >= 15 is 0 Å². The molecule has 0 saturated carbocycles. The van der Waals surface area contributed by atoms with Crippen LogP contribution in [0.1, 0.15) is 33.1 Å². The fourth-order valence-electron chi connectivity index (χ4n) is 2.23. The second-order valence-electron chi connectivity index (χ2n) is 5.18. The Labute approximate surface area is 115 Å². The second-order valence-corrected chi connectivity index (χ2v) is 5.18. The third kappa shape index (κ3) is 3.91. The number of nitrogens with one attached hydrogen (secondary N) is 1. The van der Waals surface area contributed by atoms with E-state index in [4.69, 9.17) is 9.47 Å². The van der Waals surface area contributed by atoms with Crippen molar-refractivity contribution in [3.63, 3.8) is 0 Å². The molecule has 1 N–H and O–H groups in total. The first-order chi connectivity index (χ1) is 9.19. The Morgan fingerprint density at radius 2 is 2.11 bits per heavy atom. The monoisotopic (exact) mass is 261 g/mol. The summed E-state index contributed by atoms with van der Waals surface area (Å²) in [6.07, 6.45) is 7.93. The zero-order valence-electron chi connectivity index (χ0n) is 12.0. The standard InChI is InChI=1S/C16H23NO2/c1-12(2)17-13-9-10-15(16(11-13)18-3)19-14-7-5-4-6-8-14/h5,7,9-12,14,17H,4,6,8H2,1-3H3. The molecule has 1 aromatic carbocycles. The van der Waals surface area contributed by atoms with Gasteiger partial charge in [-0.2, -0.15) is 0 Å². The van der Waals surface area contributed by atoms with Gasteiger partial charge >= 0.3 is 0 Å². The van der Waals surface area contributed by atoms with E-state index in [1.165, 1.54) is 6.42 Å². The topological polar surface area (TPSA) is 30.5 Å². The molecule has 0 saturated heterocycles. The van der Waals surface area contributed by atoms with Gasteiger partial charge in [0.1, 0.15) is 6.10 Å². The van der Waals surface area contributed by atoms with Gasteiger partial charge in [0.15, 0.2) is 11.5 Å². The SMILES string of the molecule is COc1cc(NC(C)C)ccc1OC1C=CCCC1. The second kappa shape index (κ2) is 6.50. The molecule has 1 atom stereocenters. The molecule has 0 heterocycles. The van der Waals surface area contributed by atoms with Gasteiger partial charge in [-0.3, -0.25) is 0 Å². The van der Waals surface area contributed by atoms with Gasteiger partial charge in [-0.05, 0) is 51.3 Å². The lowest BCUT2D eigenvalue weighted by atomic mass is 10.1. The van der Waals surface area contributed by atoms with Crippen molar-refractivity contribution in [3.8, 4) is 11.5 Å². The van der Waals surface area contributed by atoms with Gasteiger partial charge in [0.25, 0.3) is 0 Å². The highest BCUT2D eigenvalue weighted by Gasteiger charge is 2.13. The van der Waals surface area contributed by atoms with Crippen molar-refractivity contribution in [2.45, 2.75) is 45.3 Å². The molecule has 2 rings (SSSR count). The van der Waals surface area contributed by atoms with E-state index in [9.17, 15) is 0 Å². The van der Waals surface area contributed by atoms with E-state index in [-0.39, 0.29) is 6.10 Å². The summed E-state index contributed by atoms with van der Waals surface area (Å²) in [5.74, 6) is 1.60. The van der Waals surface area contributed by atoms with Gasteiger partial charge in [0, 0.05) is 17.8 Å². The normalized spacial score (nSPS) is 18.4. The zero-order valence-corrected chi connectivity index (χ0v) is 12.0. The number of benzene rings is 1. The summed E-state index contributed by atoms with van der Waals surface area (Å²) in [6.45, 7) is 4.23. The minimum Gasteiger partial charge on any atom is -0.493 e. The van der Waals surface area contributed by atoms with Crippen molar-refractivity contribution >= 4 is 5.69 Å². The Kier molecular flexibility index (Phi) is 4.72. The first-order valence-corrected chi connectivity index (χ1v) is 6.97. The Morgan fingerprint density at radius 1 is 1.26 bits per heavy atom. The summed E-state index contributed by atoms with van der Waals surface area (Å²) < 4.78 is 11.4. The van der Waals surface area contributed by atoms with E-state index in [2.05, 4.69) is 31.3 Å². The molecule has 0 amide bonds. The van der Waals surface area contributed by atoms with Crippen LogP contribution in [0.3, 0.4) is 0 Å². The van der Waals surface area contributed by atoms with Crippen molar-refractivity contribution in [1.29, 1.82) is 0 Å². The number of anilines is 1. The summed E-state index contributed by atoms with van der Waals surface area (Å²) in [6, 6.07) is 6.40. The smallest absolute Gasteiger partial charge is 0.162 e. The van der Waals surface area contributed by atoms with Crippen LogP contribution in [0.2, 0.25) is 0 Å². The van der Waals surface area contributed by atoms with Crippen molar-refractivity contribution < 1.29 is 9.47 Å². The molecule has 0 fully saturated rings. The minimum absolute atomic E-state index is 0.173. The van der Waals surface area contributed by atoms with Crippen LogP contribution in [0.25, 0.3) is 0 Å². The molecule has 1 unspecified atom stereocenters. The Morgan fingerprint density at radius 3 is 2.74 bits per heavy atom. The third-order valence-electron chi connectivity index (χ3n) is 3.11. The molecule has 1 aromatic rings. The fourth-order valence-corrected chi connectivity index (χ4v) is 2.23. The molecule has 19 heavy (non-hydrogen) atoms. The predicted octanol–water partition coefficient (Wildman–Crippen LogP) is 4.00. The number of ether oxygens (including phenoxy) is 2. The highest BCUT2D eigenvalue weighted by Crippen LogP contribution is 2.32. The van der Waals surface area contributed by atoms with Gasteiger partial charge < -0.3 is 14.8 Å². The lowest BCUT2D eigenvalue weighted by molar-refractivity contribution is 0.219. The van der Waals surface area contributed by atoms with Crippen LogP contribution in [0, 0.1) is 0 Å². The van der Waals surface area contributed by atoms with Gasteiger partial charge in [-0.25, -0.2) is 0 Å². The maximum absolute atomic E-state index is 6.00. The van der Waals surface area contributed by atoms with Gasteiger partial charge in [0.05, 0.1) is 7.11 Å². The lowest BCUT2D eigenvalue weighted by Gasteiger charge is -2.21. The number of hydrogen-bond acceptors (Lipinski definition) is 3. The van der Waals surface area contributed by atoms with Crippen molar-refractivity contribution in [1.82, 2.24) is 0 Å². The molecule has 0 spiro atoms. The van der Waals surface area contributed by atoms with E-state index in [1.807, 2.05) is 18.2 Å². The first-order valence-electron chi connectivity index (χ1n) is 6.97. The van der Waals surface area contributed by atoms with E-state index < -0.39 is 0 Å². The van der Waals surface area contributed by atoms with Crippen LogP contribution in [0.15, 0.2) is 30.4 Å². The third-order valence-corrected chi connectivity index (χ3v) is 3.11. The van der Waals surface area contributed by atoms with Crippen LogP contribution >= 0.6 is 0 Å². The first kappa shape index (κ1) is 13.8. The molecule has 104 valence electrons. The van der Waals surface area contributed by atoms with Crippen LogP contribution in [0.5, 0.6) is 11.5 Å². The Bertz CT molecular complexity index is 440. The van der Waals surface area contributed by atoms with E-state index in [1.54, 1.807) is 7.11 Å². The van der Waals surface area contributed by atoms with Crippen molar-refractivity contribution in [2.24, 2.45) is 0 Å². The summed E-state index contributed by atoms with van der Waals surface area (Å²) in [4.78, 5) is 0. The number of rotatable bonds is 5. The highest BCUT2D eigenvalue weighted by molar-refractivity contribution is 5.55. The predicted molar refractivity (Wildman–Crippen MR) is 79.2 cm³/mol. The average Bonchev–Trinajstić information content (AvgIpc) is 2.41. The molecule has 0 aromatic heterocycles. The van der Waals surface area contributed by atoms with Crippen molar-refractivity contribution in [2.75, 3.05) is 12.4 Å². The molecular weight excluding hydrogens is 238 g/mol. The fraction of sp³-hybridized carbons (Fsp3) is 0.500. The van der Waals surface area contributed by atoms with Gasteiger partial charge in [0.2, 0.25) is 0 Å². The average molecular weight is 261 g/mol. The minimum atomic E-state index is 0.173. The molecule has 0 bridgehead atoms.